The van der Waals surface area contributed by atoms with Gasteiger partial charge >= 0.3 is 0 Å². The number of hydrogen-bond acceptors (Lipinski definition) is 2. The molecule has 2 heterocycles. The van der Waals surface area contributed by atoms with Gasteiger partial charge in [0.25, 0.3) is 0 Å². The molecular formula is C8H9N3. The molecule has 0 radical (unpaired) electrons. The van der Waals surface area contributed by atoms with E-state index in [2.05, 4.69) is 15.3 Å². The maximum Gasteiger partial charge on any atom is 0.105 e. The van der Waals surface area contributed by atoms with Crippen LogP contribution in [0, 0.1) is 0 Å². The number of aromatic nitrogens is 2. The summed E-state index contributed by atoms with van der Waals surface area (Å²) in [5.41, 5.74) is 2.06. The zero-order valence-corrected chi connectivity index (χ0v) is 6.26. The van der Waals surface area contributed by atoms with Crippen molar-refractivity contribution in [3.8, 4) is 0 Å². The molecule has 0 aromatic carbocycles. The summed E-state index contributed by atoms with van der Waals surface area (Å²) in [5.74, 6) is 0.999. The second kappa shape index (κ2) is 2.27. The fourth-order valence-electron chi connectivity index (χ4n) is 1.09. The van der Waals surface area contributed by atoms with Gasteiger partial charge in [-0.2, -0.15) is 0 Å². The monoisotopic (exact) mass is 147 g/mol. The lowest BCUT2D eigenvalue weighted by Gasteiger charge is -1.88. The highest BCUT2D eigenvalue weighted by Gasteiger charge is 1.96. The third-order valence-corrected chi connectivity index (χ3v) is 1.66. The van der Waals surface area contributed by atoms with Crippen LogP contribution in [0.15, 0.2) is 24.4 Å². The molecule has 3 heteroatoms. The summed E-state index contributed by atoms with van der Waals surface area (Å²) in [6.45, 7) is 0. The summed E-state index contributed by atoms with van der Waals surface area (Å²) < 4.78 is 0. The van der Waals surface area contributed by atoms with Crippen LogP contribution >= 0.6 is 0 Å². The average molecular weight is 147 g/mol. The highest BCUT2D eigenvalue weighted by atomic mass is 15.0. The summed E-state index contributed by atoms with van der Waals surface area (Å²) in [5, 5.41) is 3.02. The van der Waals surface area contributed by atoms with Crippen molar-refractivity contribution in [2.45, 2.75) is 0 Å². The highest BCUT2D eigenvalue weighted by Crippen LogP contribution is 2.14. The van der Waals surface area contributed by atoms with Crippen LogP contribution in [-0.4, -0.2) is 17.0 Å². The minimum atomic E-state index is 0.997. The van der Waals surface area contributed by atoms with Crippen LogP contribution in [0.1, 0.15) is 0 Å². The van der Waals surface area contributed by atoms with Gasteiger partial charge in [0.15, 0.2) is 0 Å². The van der Waals surface area contributed by atoms with E-state index in [-0.39, 0.29) is 0 Å². The van der Waals surface area contributed by atoms with Crippen molar-refractivity contribution in [3.63, 3.8) is 0 Å². The van der Waals surface area contributed by atoms with E-state index in [4.69, 9.17) is 0 Å². The lowest BCUT2D eigenvalue weighted by Crippen LogP contribution is -1.85. The van der Waals surface area contributed by atoms with E-state index >= 15 is 0 Å². The molecule has 2 aromatic rings. The fourth-order valence-corrected chi connectivity index (χ4v) is 1.09. The largest absolute Gasteiger partial charge is 0.375 e. The predicted molar refractivity (Wildman–Crippen MR) is 45.6 cm³/mol. The van der Waals surface area contributed by atoms with Gasteiger partial charge in [-0.05, 0) is 12.1 Å². The third kappa shape index (κ3) is 0.941. The Bertz CT molecular complexity index is 331. The molecule has 2 aromatic heterocycles. The molecule has 2 rings (SSSR count). The molecule has 11 heavy (non-hydrogen) atoms. The van der Waals surface area contributed by atoms with E-state index < -0.39 is 0 Å². The third-order valence-electron chi connectivity index (χ3n) is 1.66. The average Bonchev–Trinajstić information content (AvgIpc) is 2.46. The van der Waals surface area contributed by atoms with Gasteiger partial charge in [-0.3, -0.25) is 4.98 Å². The Kier molecular flexibility index (Phi) is 1.28. The SMILES string of the molecule is CNc1cc2ncccc2[nH]1. The summed E-state index contributed by atoms with van der Waals surface area (Å²) in [6, 6.07) is 5.90. The lowest BCUT2D eigenvalue weighted by atomic mass is 10.4. The standard InChI is InChI=1S/C8H9N3/c1-9-8-5-7-6(11-8)3-2-4-10-7/h2-5,9,11H,1H3. The van der Waals surface area contributed by atoms with Gasteiger partial charge in [0, 0.05) is 19.3 Å². The molecule has 0 aliphatic carbocycles. The molecule has 0 saturated heterocycles. The predicted octanol–water partition coefficient (Wildman–Crippen LogP) is 1.60. The first-order valence-electron chi connectivity index (χ1n) is 3.51. The minimum absolute atomic E-state index is 0.997. The van der Waals surface area contributed by atoms with Gasteiger partial charge in [-0.15, -0.1) is 0 Å². The molecule has 0 amide bonds. The van der Waals surface area contributed by atoms with Crippen LogP contribution < -0.4 is 5.32 Å². The van der Waals surface area contributed by atoms with Crippen molar-refractivity contribution >= 4 is 16.9 Å². The maximum absolute atomic E-state index is 4.18. The van der Waals surface area contributed by atoms with Crippen molar-refractivity contribution in [2.24, 2.45) is 0 Å². The highest BCUT2D eigenvalue weighted by molar-refractivity contribution is 5.79. The lowest BCUT2D eigenvalue weighted by molar-refractivity contribution is 1.38. The number of nitrogens with zero attached hydrogens (tertiary/aromatic N) is 1. The Balaban J connectivity index is 2.69. The first-order chi connectivity index (χ1) is 5.40. The van der Waals surface area contributed by atoms with Crippen LogP contribution in [0.4, 0.5) is 5.82 Å². The molecule has 3 nitrogen and oxygen atoms in total. The van der Waals surface area contributed by atoms with Crippen molar-refractivity contribution < 1.29 is 0 Å². The van der Waals surface area contributed by atoms with Gasteiger partial charge < -0.3 is 10.3 Å². The van der Waals surface area contributed by atoms with Crippen molar-refractivity contribution in [1.29, 1.82) is 0 Å². The second-order valence-corrected chi connectivity index (χ2v) is 2.37. The summed E-state index contributed by atoms with van der Waals surface area (Å²) >= 11 is 0. The second-order valence-electron chi connectivity index (χ2n) is 2.37. The van der Waals surface area contributed by atoms with Gasteiger partial charge in [0.05, 0.1) is 11.0 Å². The number of nitrogens with one attached hydrogen (secondary N) is 2. The molecule has 0 aliphatic heterocycles. The van der Waals surface area contributed by atoms with Crippen molar-refractivity contribution in [2.75, 3.05) is 12.4 Å². The van der Waals surface area contributed by atoms with Crippen LogP contribution in [-0.2, 0) is 0 Å². The first-order valence-corrected chi connectivity index (χ1v) is 3.51. The number of fused-ring (bicyclic) bond motifs is 1. The van der Waals surface area contributed by atoms with Crippen LogP contribution in [0.25, 0.3) is 11.0 Å². The zero-order chi connectivity index (χ0) is 7.68. The van der Waals surface area contributed by atoms with Crippen LogP contribution in [0.3, 0.4) is 0 Å². The topological polar surface area (TPSA) is 40.7 Å². The Hall–Kier alpha value is -1.51. The number of pyridine rings is 1. The van der Waals surface area contributed by atoms with Gasteiger partial charge in [-0.25, -0.2) is 0 Å². The molecule has 0 spiro atoms. The smallest absolute Gasteiger partial charge is 0.105 e. The van der Waals surface area contributed by atoms with Gasteiger partial charge in [0.1, 0.15) is 5.82 Å². The molecule has 0 fully saturated rings. The van der Waals surface area contributed by atoms with E-state index in [0.29, 0.717) is 0 Å². The van der Waals surface area contributed by atoms with Crippen LogP contribution in [0.5, 0.6) is 0 Å². The summed E-state index contributed by atoms with van der Waals surface area (Å²) in [4.78, 5) is 7.35. The Morgan fingerprint density at radius 2 is 2.45 bits per heavy atom. The molecule has 56 valence electrons. The zero-order valence-electron chi connectivity index (χ0n) is 6.26. The van der Waals surface area contributed by atoms with Crippen molar-refractivity contribution in [3.05, 3.63) is 24.4 Å². The Morgan fingerprint density at radius 3 is 3.18 bits per heavy atom. The fraction of sp³-hybridized carbons (Fsp3) is 0.125. The number of aromatic amines is 1. The number of rotatable bonds is 1. The van der Waals surface area contributed by atoms with E-state index in [0.717, 1.165) is 16.9 Å². The normalized spacial score (nSPS) is 10.3. The number of hydrogen-bond donors (Lipinski definition) is 2. The maximum atomic E-state index is 4.18. The molecule has 0 atom stereocenters. The molecule has 0 saturated carbocycles. The quantitative estimate of drug-likeness (QED) is 0.643. The molecule has 2 N–H and O–H groups in total. The number of H-pyrrole nitrogens is 1. The molecular weight excluding hydrogens is 138 g/mol. The molecule has 0 unspecified atom stereocenters. The summed E-state index contributed by atoms with van der Waals surface area (Å²) in [6.07, 6.45) is 1.79. The van der Waals surface area contributed by atoms with Crippen LogP contribution in [0.2, 0.25) is 0 Å². The van der Waals surface area contributed by atoms with Gasteiger partial charge in [0.2, 0.25) is 0 Å². The van der Waals surface area contributed by atoms with E-state index in [9.17, 15) is 0 Å². The summed E-state index contributed by atoms with van der Waals surface area (Å²) in [7, 11) is 1.88. The van der Waals surface area contributed by atoms with E-state index in [1.165, 1.54) is 0 Å². The van der Waals surface area contributed by atoms with E-state index in [1.54, 1.807) is 6.20 Å². The first kappa shape index (κ1) is 6.22. The number of anilines is 1. The minimum Gasteiger partial charge on any atom is -0.375 e. The van der Waals surface area contributed by atoms with Gasteiger partial charge in [-0.1, -0.05) is 0 Å². The van der Waals surface area contributed by atoms with E-state index in [1.807, 2.05) is 25.2 Å². The molecule has 0 aliphatic rings. The Morgan fingerprint density at radius 1 is 1.55 bits per heavy atom. The molecule has 0 bridgehead atoms. The van der Waals surface area contributed by atoms with Crippen molar-refractivity contribution in [1.82, 2.24) is 9.97 Å². The Labute approximate surface area is 64.5 Å².